The Labute approximate surface area is 335 Å². The Morgan fingerprint density at radius 3 is 1.93 bits per heavy atom. The summed E-state index contributed by atoms with van der Waals surface area (Å²) >= 11 is 0. The van der Waals surface area contributed by atoms with Gasteiger partial charge >= 0.3 is 0 Å². The highest BCUT2D eigenvalue weighted by atomic mass is 16.7. The first kappa shape index (κ1) is 44.2. The van der Waals surface area contributed by atoms with E-state index in [1.807, 2.05) is 19.9 Å². The molecule has 0 aromatic rings. The molecule has 7 aliphatic rings. The van der Waals surface area contributed by atoms with Gasteiger partial charge in [0.15, 0.2) is 12.6 Å². The van der Waals surface area contributed by atoms with Gasteiger partial charge in [-0.05, 0) is 110 Å². The molecule has 2 aliphatic heterocycles. The molecule has 57 heavy (non-hydrogen) atoms. The highest BCUT2D eigenvalue weighted by Gasteiger charge is 2.83. The lowest BCUT2D eigenvalue weighted by Crippen LogP contribution is -2.63. The SMILES string of the molecule is C/C(=C/CC(O)[C@@H](C)[C@H]1[C@@H](O)C[C@@]2(C)[C@@H]3CC[C@H]4[C@@](C)(CO[C@@H]5O[C@H](CO)[C@@H](O)[C@H](O)[C@H]5O)[C@@H](O[C@@H]5O[C@H](CO)[C@H](O)[C@H](O)[C@H]5O)CC[C@@]45C[C@@]35CC[C@]12C)CO. The summed E-state index contributed by atoms with van der Waals surface area (Å²) in [5, 5.41) is 117. The Hall–Kier alpha value is -0.860. The van der Waals surface area contributed by atoms with E-state index in [-0.39, 0.29) is 52.6 Å². The summed E-state index contributed by atoms with van der Waals surface area (Å²) in [4.78, 5) is 0. The first-order valence-electron chi connectivity index (χ1n) is 21.3. The van der Waals surface area contributed by atoms with Crippen LogP contribution in [0.5, 0.6) is 0 Å². The van der Waals surface area contributed by atoms with Crippen LogP contribution in [0, 0.1) is 50.7 Å². The van der Waals surface area contributed by atoms with Gasteiger partial charge in [-0.3, -0.25) is 0 Å². The van der Waals surface area contributed by atoms with Crippen molar-refractivity contribution in [1.82, 2.24) is 0 Å². The maximum Gasteiger partial charge on any atom is 0.186 e. The summed E-state index contributed by atoms with van der Waals surface area (Å²) in [6, 6.07) is 0. The van der Waals surface area contributed by atoms with Crippen LogP contribution in [0.25, 0.3) is 0 Å². The predicted molar refractivity (Wildman–Crippen MR) is 202 cm³/mol. The molecule has 22 atom stereocenters. The lowest BCUT2D eigenvalue weighted by Gasteiger charge is -2.64. The summed E-state index contributed by atoms with van der Waals surface area (Å²) in [6.45, 7) is 9.32. The summed E-state index contributed by atoms with van der Waals surface area (Å²) < 4.78 is 24.5. The van der Waals surface area contributed by atoms with E-state index in [0.717, 1.165) is 44.1 Å². The van der Waals surface area contributed by atoms with Crippen molar-refractivity contribution in [2.75, 3.05) is 26.4 Å². The minimum absolute atomic E-state index is 0.00662. The fraction of sp³-hybridized carbons (Fsp3) is 0.952. The third-order valence-electron chi connectivity index (χ3n) is 17.6. The van der Waals surface area contributed by atoms with Gasteiger partial charge in [-0.2, -0.15) is 0 Å². The second-order valence-corrected chi connectivity index (χ2v) is 20.0. The normalized spacial score (nSPS) is 54.6. The van der Waals surface area contributed by atoms with Crippen LogP contribution in [0.3, 0.4) is 0 Å². The number of fused-ring (bicyclic) bond motifs is 2. The molecule has 11 N–H and O–H groups in total. The van der Waals surface area contributed by atoms with Gasteiger partial charge in [0.1, 0.15) is 48.8 Å². The maximum absolute atomic E-state index is 11.9. The molecule has 2 spiro atoms. The molecule has 5 aliphatic carbocycles. The molecule has 0 aromatic heterocycles. The molecule has 2 heterocycles. The van der Waals surface area contributed by atoms with Crippen LogP contribution in [-0.4, -0.2) is 162 Å². The zero-order chi connectivity index (χ0) is 41.6. The van der Waals surface area contributed by atoms with Gasteiger partial charge in [-0.15, -0.1) is 0 Å². The maximum atomic E-state index is 11.9. The third-order valence-corrected chi connectivity index (χ3v) is 17.6. The summed E-state index contributed by atoms with van der Waals surface area (Å²) in [5.74, 6) is 0.0437. The van der Waals surface area contributed by atoms with Gasteiger partial charge in [0.25, 0.3) is 0 Å². The predicted octanol–water partition coefficient (Wildman–Crippen LogP) is -0.296. The van der Waals surface area contributed by atoms with Gasteiger partial charge in [-0.1, -0.05) is 39.3 Å². The van der Waals surface area contributed by atoms with E-state index in [9.17, 15) is 56.2 Å². The molecule has 328 valence electrons. The van der Waals surface area contributed by atoms with Crippen molar-refractivity contribution >= 4 is 0 Å². The molecule has 15 nitrogen and oxygen atoms in total. The summed E-state index contributed by atoms with van der Waals surface area (Å²) in [7, 11) is 0. The van der Waals surface area contributed by atoms with Crippen LogP contribution in [0.2, 0.25) is 0 Å². The Morgan fingerprint density at radius 2 is 1.32 bits per heavy atom. The van der Waals surface area contributed by atoms with Crippen LogP contribution < -0.4 is 0 Å². The van der Waals surface area contributed by atoms with Crippen LogP contribution in [0.1, 0.15) is 92.4 Å². The molecule has 0 radical (unpaired) electrons. The van der Waals surface area contributed by atoms with Crippen LogP contribution >= 0.6 is 0 Å². The van der Waals surface area contributed by atoms with E-state index in [2.05, 4.69) is 20.8 Å². The molecular weight excluding hydrogens is 744 g/mol. The molecular formula is C42H70O15. The van der Waals surface area contributed by atoms with E-state index >= 15 is 0 Å². The lowest BCUT2D eigenvalue weighted by molar-refractivity contribution is -0.340. The van der Waals surface area contributed by atoms with Crippen LogP contribution in [0.15, 0.2) is 11.6 Å². The van der Waals surface area contributed by atoms with Crippen LogP contribution in [0.4, 0.5) is 0 Å². The first-order chi connectivity index (χ1) is 26.8. The highest BCUT2D eigenvalue weighted by Crippen LogP contribution is 2.89. The van der Waals surface area contributed by atoms with E-state index in [4.69, 9.17) is 18.9 Å². The van der Waals surface area contributed by atoms with Crippen molar-refractivity contribution < 1.29 is 75.1 Å². The minimum atomic E-state index is -1.62. The van der Waals surface area contributed by atoms with E-state index in [0.29, 0.717) is 25.2 Å². The molecule has 0 amide bonds. The zero-order valence-corrected chi connectivity index (χ0v) is 34.1. The van der Waals surface area contributed by atoms with Crippen molar-refractivity contribution in [3.8, 4) is 0 Å². The number of aliphatic hydroxyl groups excluding tert-OH is 11. The van der Waals surface area contributed by atoms with Crippen molar-refractivity contribution in [2.45, 2.75) is 172 Å². The van der Waals surface area contributed by atoms with Gasteiger partial charge in [0.05, 0.1) is 44.7 Å². The van der Waals surface area contributed by atoms with Crippen molar-refractivity contribution in [3.05, 3.63) is 11.6 Å². The Kier molecular flexibility index (Phi) is 12.3. The topological polar surface area (TPSA) is 259 Å². The fourth-order valence-corrected chi connectivity index (χ4v) is 14.3. The number of hydrogen-bond donors (Lipinski definition) is 11. The number of rotatable bonds is 12. The summed E-state index contributed by atoms with van der Waals surface area (Å²) in [6.07, 6.45) is -7.73. The number of hydrogen-bond acceptors (Lipinski definition) is 15. The number of ether oxygens (including phenoxy) is 4. The molecule has 7 fully saturated rings. The average molecular weight is 815 g/mol. The monoisotopic (exact) mass is 814 g/mol. The van der Waals surface area contributed by atoms with Crippen molar-refractivity contribution in [3.63, 3.8) is 0 Å². The summed E-state index contributed by atoms with van der Waals surface area (Å²) in [5.41, 5.74) is -0.597. The average Bonchev–Trinajstić information content (AvgIpc) is 3.80. The Balaban J connectivity index is 1.17. The lowest BCUT2D eigenvalue weighted by atomic mass is 9.41. The van der Waals surface area contributed by atoms with Crippen LogP contribution in [-0.2, 0) is 18.9 Å². The largest absolute Gasteiger partial charge is 0.394 e. The van der Waals surface area contributed by atoms with Gasteiger partial charge in [0.2, 0.25) is 0 Å². The molecule has 2 saturated heterocycles. The first-order valence-corrected chi connectivity index (χ1v) is 21.3. The Bertz CT molecular complexity index is 1460. The second kappa shape index (κ2) is 15.8. The van der Waals surface area contributed by atoms with Crippen molar-refractivity contribution in [2.24, 2.45) is 50.7 Å². The minimum Gasteiger partial charge on any atom is -0.394 e. The van der Waals surface area contributed by atoms with Gasteiger partial charge < -0.3 is 75.1 Å². The van der Waals surface area contributed by atoms with Crippen molar-refractivity contribution in [1.29, 1.82) is 0 Å². The highest BCUT2D eigenvalue weighted by molar-refractivity contribution is 5.31. The van der Waals surface area contributed by atoms with Gasteiger partial charge in [0, 0.05) is 5.41 Å². The Morgan fingerprint density at radius 1 is 0.737 bits per heavy atom. The molecule has 0 aromatic carbocycles. The molecule has 7 rings (SSSR count). The van der Waals surface area contributed by atoms with E-state index in [1.165, 1.54) is 0 Å². The zero-order valence-electron chi connectivity index (χ0n) is 34.1. The molecule has 5 saturated carbocycles. The molecule has 0 bridgehead atoms. The number of aliphatic hydroxyl groups is 11. The van der Waals surface area contributed by atoms with E-state index < -0.39 is 98.4 Å². The molecule has 1 unspecified atom stereocenters. The standard InChI is InChI=1S/C42H70O15/c1-20(15-43)6-7-22(46)21(2)29-23(47)14-40(5)27-9-8-26-38(3,19-54-36-34(52)32(50)30(48)24(16-44)55-36)28(57-37-35(53)33(51)31(49)25(17-45)56-37)10-11-41(26)18-42(27,41)13-12-39(29,40)4/h6,21-37,43-53H,7-19H2,1-5H3/b20-6-/t21-,22?,23+,24-,25-,26+,27+,28+,29+,30-,31+,32+,33+,34-,35-,36-,37+,38-,39-,40+,41-,42+/m1/s1. The third kappa shape index (κ3) is 6.64. The van der Waals surface area contributed by atoms with Gasteiger partial charge in [-0.25, -0.2) is 0 Å². The quantitative estimate of drug-likeness (QED) is 0.0894. The fourth-order valence-electron chi connectivity index (χ4n) is 14.3. The smallest absolute Gasteiger partial charge is 0.186 e. The molecule has 15 heteroatoms. The second-order valence-electron chi connectivity index (χ2n) is 20.0. The van der Waals surface area contributed by atoms with E-state index in [1.54, 1.807) is 0 Å².